The minimum atomic E-state index is -0.122. The zero-order valence-corrected chi connectivity index (χ0v) is 17.2. The van der Waals surface area contributed by atoms with Crippen molar-refractivity contribution in [2.24, 2.45) is 0 Å². The van der Waals surface area contributed by atoms with E-state index in [1.54, 1.807) is 0 Å². The minimum absolute atomic E-state index is 0.122. The van der Waals surface area contributed by atoms with Gasteiger partial charge in [-0.15, -0.1) is 10.2 Å². The van der Waals surface area contributed by atoms with Gasteiger partial charge < -0.3 is 14.5 Å². The van der Waals surface area contributed by atoms with Crippen LogP contribution in [0.3, 0.4) is 0 Å². The molecule has 0 aliphatic carbocycles. The summed E-state index contributed by atoms with van der Waals surface area (Å²) in [5.74, 6) is 1.23. The lowest BCUT2D eigenvalue weighted by molar-refractivity contribution is -0.113. The van der Waals surface area contributed by atoms with E-state index in [2.05, 4.69) is 15.5 Å². The van der Waals surface area contributed by atoms with Crippen LogP contribution in [-0.2, 0) is 11.4 Å². The molecule has 0 aliphatic heterocycles. The predicted octanol–water partition coefficient (Wildman–Crippen LogP) is 4.61. The fourth-order valence-electron chi connectivity index (χ4n) is 2.64. The normalized spacial score (nSPS) is 10.7. The molecule has 0 aliphatic rings. The summed E-state index contributed by atoms with van der Waals surface area (Å²) in [6.45, 7) is 8.22. The molecular formula is C21H23N3O3S. The molecule has 28 heavy (non-hydrogen) atoms. The first-order chi connectivity index (χ1) is 13.4. The predicted molar refractivity (Wildman–Crippen MR) is 110 cm³/mol. The summed E-state index contributed by atoms with van der Waals surface area (Å²) in [6, 6.07) is 11.8. The summed E-state index contributed by atoms with van der Waals surface area (Å²) in [7, 11) is 0. The third-order valence-electron chi connectivity index (χ3n) is 4.34. The highest BCUT2D eigenvalue weighted by atomic mass is 32.2. The number of ether oxygens (including phenoxy) is 1. The molecular weight excluding hydrogens is 374 g/mol. The highest BCUT2D eigenvalue weighted by Crippen LogP contribution is 2.23. The number of nitrogens with one attached hydrogen (secondary N) is 1. The summed E-state index contributed by atoms with van der Waals surface area (Å²) in [5.41, 5.74) is 5.24. The standard InChI is InChI=1S/C21H23N3O3S/c1-13-8-9-17(15(3)10-13)22-19(25)12-28-21-24-23-20(27-21)11-26-18-7-5-6-14(2)16(18)4/h5-10H,11-12H2,1-4H3,(H,22,25). The van der Waals surface area contributed by atoms with E-state index in [-0.39, 0.29) is 18.3 Å². The van der Waals surface area contributed by atoms with E-state index in [0.717, 1.165) is 33.7 Å². The lowest BCUT2D eigenvalue weighted by atomic mass is 10.1. The number of carbonyl (C=O) groups is 1. The fraction of sp³-hybridized carbons (Fsp3) is 0.286. The van der Waals surface area contributed by atoms with Crippen LogP contribution in [0.4, 0.5) is 5.69 Å². The van der Waals surface area contributed by atoms with Crippen LogP contribution in [0.2, 0.25) is 0 Å². The number of rotatable bonds is 7. The number of benzene rings is 2. The van der Waals surface area contributed by atoms with E-state index < -0.39 is 0 Å². The maximum Gasteiger partial charge on any atom is 0.277 e. The van der Waals surface area contributed by atoms with Gasteiger partial charge in [0.05, 0.1) is 5.75 Å². The summed E-state index contributed by atoms with van der Waals surface area (Å²) in [4.78, 5) is 12.2. The number of amides is 1. The monoisotopic (exact) mass is 397 g/mol. The average molecular weight is 398 g/mol. The first-order valence-electron chi connectivity index (χ1n) is 8.93. The summed E-state index contributed by atoms with van der Waals surface area (Å²) >= 11 is 1.20. The summed E-state index contributed by atoms with van der Waals surface area (Å²) in [5, 5.41) is 11.2. The largest absolute Gasteiger partial charge is 0.484 e. The fourth-order valence-corrected chi connectivity index (χ4v) is 3.22. The Bertz CT molecular complexity index is 985. The van der Waals surface area contributed by atoms with Gasteiger partial charge in [0.15, 0.2) is 6.61 Å². The van der Waals surface area contributed by atoms with Crippen LogP contribution >= 0.6 is 11.8 Å². The second-order valence-electron chi connectivity index (χ2n) is 6.60. The topological polar surface area (TPSA) is 77.2 Å². The number of hydrogen-bond acceptors (Lipinski definition) is 6. The molecule has 3 aromatic rings. The van der Waals surface area contributed by atoms with Crippen molar-refractivity contribution in [3.8, 4) is 5.75 Å². The Hall–Kier alpha value is -2.80. The first kappa shape index (κ1) is 19.9. The van der Waals surface area contributed by atoms with Crippen molar-refractivity contribution in [3.63, 3.8) is 0 Å². The lowest BCUT2D eigenvalue weighted by Gasteiger charge is -2.08. The number of thioether (sulfide) groups is 1. The number of anilines is 1. The number of aromatic nitrogens is 2. The van der Waals surface area contributed by atoms with Crippen LogP contribution < -0.4 is 10.1 Å². The third kappa shape index (κ3) is 5.13. The van der Waals surface area contributed by atoms with E-state index in [4.69, 9.17) is 9.15 Å². The summed E-state index contributed by atoms with van der Waals surface area (Å²) in [6.07, 6.45) is 0. The average Bonchev–Trinajstić information content (AvgIpc) is 3.11. The second-order valence-corrected chi connectivity index (χ2v) is 7.53. The lowest BCUT2D eigenvalue weighted by Crippen LogP contribution is -2.14. The molecule has 0 saturated carbocycles. The summed E-state index contributed by atoms with van der Waals surface area (Å²) < 4.78 is 11.3. The van der Waals surface area contributed by atoms with Crippen molar-refractivity contribution < 1.29 is 13.9 Å². The molecule has 0 saturated heterocycles. The van der Waals surface area contributed by atoms with Crippen LogP contribution in [0, 0.1) is 27.7 Å². The molecule has 1 amide bonds. The number of nitrogens with zero attached hydrogens (tertiary/aromatic N) is 2. The number of aryl methyl sites for hydroxylation is 3. The molecule has 146 valence electrons. The van der Waals surface area contributed by atoms with Gasteiger partial charge in [0.25, 0.3) is 11.1 Å². The molecule has 0 spiro atoms. The molecule has 0 bridgehead atoms. The Labute approximate surface area is 168 Å². The van der Waals surface area contributed by atoms with Crippen LogP contribution in [0.25, 0.3) is 0 Å². The quantitative estimate of drug-likeness (QED) is 0.587. The smallest absolute Gasteiger partial charge is 0.277 e. The molecule has 1 heterocycles. The van der Waals surface area contributed by atoms with Gasteiger partial charge >= 0.3 is 0 Å². The Morgan fingerprint density at radius 2 is 1.93 bits per heavy atom. The second kappa shape index (κ2) is 8.93. The van der Waals surface area contributed by atoms with Crippen LogP contribution in [0.5, 0.6) is 5.75 Å². The maximum absolute atomic E-state index is 12.2. The molecule has 2 aromatic carbocycles. The van der Waals surface area contributed by atoms with Crippen molar-refractivity contribution in [2.45, 2.75) is 39.5 Å². The van der Waals surface area contributed by atoms with E-state index in [1.807, 2.05) is 64.1 Å². The number of hydrogen-bond donors (Lipinski definition) is 1. The Morgan fingerprint density at radius 3 is 2.71 bits per heavy atom. The molecule has 0 atom stereocenters. The van der Waals surface area contributed by atoms with Crippen LogP contribution in [-0.4, -0.2) is 21.9 Å². The van der Waals surface area contributed by atoms with Gasteiger partial charge in [-0.1, -0.05) is 41.6 Å². The zero-order chi connectivity index (χ0) is 20.1. The van der Waals surface area contributed by atoms with Crippen molar-refractivity contribution in [1.29, 1.82) is 0 Å². The van der Waals surface area contributed by atoms with Crippen molar-refractivity contribution >= 4 is 23.4 Å². The van der Waals surface area contributed by atoms with E-state index >= 15 is 0 Å². The Balaban J connectivity index is 1.50. The molecule has 6 nitrogen and oxygen atoms in total. The van der Waals surface area contributed by atoms with E-state index in [0.29, 0.717) is 11.1 Å². The Kier molecular flexibility index (Phi) is 6.36. The molecule has 0 unspecified atom stereocenters. The van der Waals surface area contributed by atoms with Crippen LogP contribution in [0.15, 0.2) is 46.0 Å². The maximum atomic E-state index is 12.2. The van der Waals surface area contributed by atoms with Gasteiger partial charge in [0, 0.05) is 5.69 Å². The van der Waals surface area contributed by atoms with E-state index in [9.17, 15) is 4.79 Å². The minimum Gasteiger partial charge on any atom is -0.484 e. The molecule has 3 rings (SSSR count). The zero-order valence-electron chi connectivity index (χ0n) is 16.4. The van der Waals surface area contributed by atoms with Gasteiger partial charge in [-0.3, -0.25) is 4.79 Å². The Morgan fingerprint density at radius 1 is 1.11 bits per heavy atom. The number of carbonyl (C=O) groups excluding carboxylic acids is 1. The van der Waals surface area contributed by atoms with E-state index in [1.165, 1.54) is 11.8 Å². The first-order valence-corrected chi connectivity index (χ1v) is 9.92. The van der Waals surface area contributed by atoms with Gasteiger partial charge in [0.2, 0.25) is 5.91 Å². The molecule has 0 fully saturated rings. The van der Waals surface area contributed by atoms with Crippen molar-refractivity contribution in [3.05, 3.63) is 64.5 Å². The van der Waals surface area contributed by atoms with Crippen LogP contribution in [0.1, 0.15) is 28.1 Å². The third-order valence-corrected chi connectivity index (χ3v) is 5.16. The van der Waals surface area contributed by atoms with Gasteiger partial charge in [-0.05, 0) is 56.5 Å². The molecule has 7 heteroatoms. The highest BCUT2D eigenvalue weighted by molar-refractivity contribution is 7.99. The van der Waals surface area contributed by atoms with Gasteiger partial charge in [-0.25, -0.2) is 0 Å². The van der Waals surface area contributed by atoms with Crippen molar-refractivity contribution in [2.75, 3.05) is 11.1 Å². The van der Waals surface area contributed by atoms with Gasteiger partial charge in [-0.2, -0.15) is 0 Å². The highest BCUT2D eigenvalue weighted by Gasteiger charge is 2.12. The molecule has 1 aromatic heterocycles. The van der Waals surface area contributed by atoms with Crippen molar-refractivity contribution in [1.82, 2.24) is 10.2 Å². The molecule has 0 radical (unpaired) electrons. The molecule has 1 N–H and O–H groups in total. The van der Waals surface area contributed by atoms with Gasteiger partial charge in [0.1, 0.15) is 5.75 Å². The SMILES string of the molecule is Cc1ccc(NC(=O)CSc2nnc(COc3cccc(C)c3C)o2)c(C)c1.